The maximum absolute atomic E-state index is 5.89. The van der Waals surface area contributed by atoms with Gasteiger partial charge in [-0.05, 0) is 18.8 Å². The molecule has 1 rings (SSSR count). The molecule has 0 radical (unpaired) electrons. The van der Waals surface area contributed by atoms with Crippen LogP contribution in [0.2, 0.25) is 0 Å². The van der Waals surface area contributed by atoms with E-state index >= 15 is 0 Å². The molecule has 0 bridgehead atoms. The van der Waals surface area contributed by atoms with E-state index in [0.29, 0.717) is 5.92 Å². The Labute approximate surface area is 72.9 Å². The molecular formula is C9H16N2O. The standard InChI is InChI=1S/C9H16N2O/c1-7(2)3-4-9(10)8-5-11-12-6-8/h5-7,9H,3-4,10H2,1-2H3. The van der Waals surface area contributed by atoms with Crippen molar-refractivity contribution in [1.82, 2.24) is 5.16 Å². The van der Waals surface area contributed by atoms with Crippen LogP contribution in [0.25, 0.3) is 0 Å². The third-order valence-electron chi connectivity index (χ3n) is 1.93. The van der Waals surface area contributed by atoms with Gasteiger partial charge in [0.25, 0.3) is 0 Å². The van der Waals surface area contributed by atoms with Crippen molar-refractivity contribution < 1.29 is 4.52 Å². The van der Waals surface area contributed by atoms with Gasteiger partial charge in [-0.2, -0.15) is 0 Å². The van der Waals surface area contributed by atoms with E-state index in [1.54, 1.807) is 12.5 Å². The van der Waals surface area contributed by atoms with E-state index in [2.05, 4.69) is 19.0 Å². The van der Waals surface area contributed by atoms with Crippen molar-refractivity contribution in [2.75, 3.05) is 0 Å². The summed E-state index contributed by atoms with van der Waals surface area (Å²) in [6.45, 7) is 4.39. The number of rotatable bonds is 4. The Morgan fingerprint density at radius 1 is 1.50 bits per heavy atom. The van der Waals surface area contributed by atoms with Crippen molar-refractivity contribution in [1.29, 1.82) is 0 Å². The van der Waals surface area contributed by atoms with Crippen LogP contribution in [-0.4, -0.2) is 5.16 Å². The summed E-state index contributed by atoms with van der Waals surface area (Å²) in [5.41, 5.74) is 6.88. The average Bonchev–Trinajstić information content (AvgIpc) is 2.51. The Morgan fingerprint density at radius 3 is 2.75 bits per heavy atom. The topological polar surface area (TPSA) is 52.0 Å². The molecule has 0 amide bonds. The molecule has 0 aliphatic heterocycles. The fourth-order valence-corrected chi connectivity index (χ4v) is 1.08. The number of hydrogen-bond donors (Lipinski definition) is 1. The molecule has 1 atom stereocenters. The Morgan fingerprint density at radius 2 is 2.25 bits per heavy atom. The highest BCUT2D eigenvalue weighted by Gasteiger charge is 2.08. The zero-order valence-electron chi connectivity index (χ0n) is 7.66. The van der Waals surface area contributed by atoms with Crippen LogP contribution in [0.15, 0.2) is 17.0 Å². The van der Waals surface area contributed by atoms with Crippen LogP contribution in [0.1, 0.15) is 38.3 Å². The largest absolute Gasteiger partial charge is 0.364 e. The molecule has 3 nitrogen and oxygen atoms in total. The normalized spacial score (nSPS) is 13.7. The van der Waals surface area contributed by atoms with Gasteiger partial charge in [-0.3, -0.25) is 0 Å². The van der Waals surface area contributed by atoms with Gasteiger partial charge in [0.15, 0.2) is 0 Å². The van der Waals surface area contributed by atoms with E-state index in [1.807, 2.05) is 0 Å². The first-order valence-corrected chi connectivity index (χ1v) is 4.35. The summed E-state index contributed by atoms with van der Waals surface area (Å²) in [7, 11) is 0. The summed E-state index contributed by atoms with van der Waals surface area (Å²) in [4.78, 5) is 0. The first-order valence-electron chi connectivity index (χ1n) is 4.35. The van der Waals surface area contributed by atoms with Crippen molar-refractivity contribution in [2.45, 2.75) is 32.7 Å². The van der Waals surface area contributed by atoms with Gasteiger partial charge in [-0.25, -0.2) is 0 Å². The number of hydrogen-bond acceptors (Lipinski definition) is 3. The maximum atomic E-state index is 5.89. The van der Waals surface area contributed by atoms with Gasteiger partial charge in [0.1, 0.15) is 6.26 Å². The van der Waals surface area contributed by atoms with E-state index in [0.717, 1.165) is 18.4 Å². The zero-order valence-corrected chi connectivity index (χ0v) is 7.66. The van der Waals surface area contributed by atoms with Gasteiger partial charge in [0.05, 0.1) is 6.20 Å². The summed E-state index contributed by atoms with van der Waals surface area (Å²) < 4.78 is 4.71. The van der Waals surface area contributed by atoms with Crippen molar-refractivity contribution in [2.24, 2.45) is 11.7 Å². The predicted octanol–water partition coefficient (Wildman–Crippen LogP) is 2.11. The lowest BCUT2D eigenvalue weighted by atomic mass is 10.0. The lowest BCUT2D eigenvalue weighted by Gasteiger charge is -2.09. The van der Waals surface area contributed by atoms with Gasteiger partial charge in [-0.1, -0.05) is 19.0 Å². The predicted molar refractivity (Wildman–Crippen MR) is 47.5 cm³/mol. The molecule has 12 heavy (non-hydrogen) atoms. The molecule has 0 fully saturated rings. The van der Waals surface area contributed by atoms with Crippen LogP contribution >= 0.6 is 0 Å². The van der Waals surface area contributed by atoms with Gasteiger partial charge in [0.2, 0.25) is 0 Å². The highest BCUT2D eigenvalue weighted by atomic mass is 16.5. The van der Waals surface area contributed by atoms with Crippen molar-refractivity contribution in [3.8, 4) is 0 Å². The van der Waals surface area contributed by atoms with E-state index in [1.165, 1.54) is 0 Å². The van der Waals surface area contributed by atoms with Crippen molar-refractivity contribution >= 4 is 0 Å². The fourth-order valence-electron chi connectivity index (χ4n) is 1.08. The van der Waals surface area contributed by atoms with Crippen LogP contribution in [0, 0.1) is 5.92 Å². The molecule has 0 saturated heterocycles. The molecule has 0 spiro atoms. The van der Waals surface area contributed by atoms with Gasteiger partial charge >= 0.3 is 0 Å². The van der Waals surface area contributed by atoms with Crippen LogP contribution in [0.5, 0.6) is 0 Å². The van der Waals surface area contributed by atoms with Crippen molar-refractivity contribution in [3.63, 3.8) is 0 Å². The van der Waals surface area contributed by atoms with Crippen molar-refractivity contribution in [3.05, 3.63) is 18.0 Å². The second-order valence-electron chi connectivity index (χ2n) is 3.54. The summed E-state index contributed by atoms with van der Waals surface area (Å²) in [5, 5.41) is 3.62. The van der Waals surface area contributed by atoms with E-state index in [4.69, 9.17) is 10.3 Å². The smallest absolute Gasteiger partial charge is 0.128 e. The maximum Gasteiger partial charge on any atom is 0.128 e. The van der Waals surface area contributed by atoms with Gasteiger partial charge in [0, 0.05) is 11.6 Å². The lowest BCUT2D eigenvalue weighted by molar-refractivity contribution is 0.417. The SMILES string of the molecule is CC(C)CCC(N)c1cnoc1. The molecule has 1 aromatic heterocycles. The lowest BCUT2D eigenvalue weighted by Crippen LogP contribution is -2.10. The first-order chi connectivity index (χ1) is 5.70. The fraction of sp³-hybridized carbons (Fsp3) is 0.667. The molecule has 1 unspecified atom stereocenters. The molecule has 68 valence electrons. The summed E-state index contributed by atoms with van der Waals surface area (Å²) >= 11 is 0. The second kappa shape index (κ2) is 4.26. The third kappa shape index (κ3) is 2.66. The molecule has 0 aromatic carbocycles. The van der Waals surface area contributed by atoms with E-state index in [-0.39, 0.29) is 6.04 Å². The van der Waals surface area contributed by atoms with Gasteiger partial charge < -0.3 is 10.3 Å². The third-order valence-corrected chi connectivity index (χ3v) is 1.93. The minimum atomic E-state index is 0.0821. The molecule has 1 heterocycles. The van der Waals surface area contributed by atoms with Crippen LogP contribution in [-0.2, 0) is 0 Å². The summed E-state index contributed by atoms with van der Waals surface area (Å²) in [6.07, 6.45) is 5.45. The minimum Gasteiger partial charge on any atom is -0.364 e. The molecule has 2 N–H and O–H groups in total. The molecule has 0 aliphatic carbocycles. The molecular weight excluding hydrogens is 152 g/mol. The average molecular weight is 168 g/mol. The Balaban J connectivity index is 2.34. The Hall–Kier alpha value is -0.830. The summed E-state index contributed by atoms with van der Waals surface area (Å²) in [6, 6.07) is 0.0821. The monoisotopic (exact) mass is 168 g/mol. The Bertz CT molecular complexity index is 206. The van der Waals surface area contributed by atoms with Crippen LogP contribution in [0.3, 0.4) is 0 Å². The quantitative estimate of drug-likeness (QED) is 0.749. The number of nitrogens with zero attached hydrogens (tertiary/aromatic N) is 1. The van der Waals surface area contributed by atoms with Crippen LogP contribution < -0.4 is 5.73 Å². The van der Waals surface area contributed by atoms with E-state index in [9.17, 15) is 0 Å². The minimum absolute atomic E-state index is 0.0821. The molecule has 0 saturated carbocycles. The molecule has 1 aromatic rings. The second-order valence-corrected chi connectivity index (χ2v) is 3.54. The van der Waals surface area contributed by atoms with E-state index < -0.39 is 0 Å². The first kappa shape index (κ1) is 9.26. The number of nitrogens with two attached hydrogens (primary N) is 1. The van der Waals surface area contributed by atoms with Crippen LogP contribution in [0.4, 0.5) is 0 Å². The van der Waals surface area contributed by atoms with Gasteiger partial charge in [-0.15, -0.1) is 0 Å². The Kier molecular flexibility index (Phi) is 3.29. The highest BCUT2D eigenvalue weighted by molar-refractivity contribution is 5.06. The molecule has 3 heteroatoms. The highest BCUT2D eigenvalue weighted by Crippen LogP contribution is 2.17. The summed E-state index contributed by atoms with van der Waals surface area (Å²) in [5.74, 6) is 0.705. The molecule has 0 aliphatic rings. The number of aromatic nitrogens is 1. The zero-order chi connectivity index (χ0) is 8.97.